The molecule has 4 rings (SSSR count). The standard InChI is InChI=1S/C21H25N5O3S/c1-12(2)11-25-18(28)14-7-5-6-8-15(14)26-16(27)9-10-21(25,26)19(29)22-20-24-23-17(30-20)13(3)4/h5-8,12-13H,9-11H2,1-4H3,(H,22,24,29)/t21-/m0/s1. The molecule has 2 aliphatic rings. The average molecular weight is 428 g/mol. The maximum atomic E-state index is 13.7. The van der Waals surface area contributed by atoms with E-state index in [0.717, 1.165) is 5.01 Å². The number of benzene rings is 1. The molecule has 3 amide bonds. The van der Waals surface area contributed by atoms with E-state index in [1.54, 1.807) is 29.2 Å². The maximum Gasteiger partial charge on any atom is 0.273 e. The van der Waals surface area contributed by atoms with Gasteiger partial charge in [0.1, 0.15) is 5.01 Å². The number of hydrogen-bond donors (Lipinski definition) is 1. The summed E-state index contributed by atoms with van der Waals surface area (Å²) < 4.78 is 0. The van der Waals surface area contributed by atoms with Crippen LogP contribution in [0.4, 0.5) is 10.8 Å². The predicted octanol–water partition coefficient (Wildman–Crippen LogP) is 3.24. The molecule has 1 atom stereocenters. The minimum Gasteiger partial charge on any atom is -0.307 e. The summed E-state index contributed by atoms with van der Waals surface area (Å²) >= 11 is 1.31. The number of amides is 3. The third-order valence-electron chi connectivity index (χ3n) is 5.44. The van der Waals surface area contributed by atoms with Crippen LogP contribution in [0.5, 0.6) is 0 Å². The molecular weight excluding hydrogens is 402 g/mol. The van der Waals surface area contributed by atoms with E-state index in [4.69, 9.17) is 0 Å². The van der Waals surface area contributed by atoms with E-state index < -0.39 is 11.6 Å². The van der Waals surface area contributed by atoms with E-state index in [1.807, 2.05) is 27.7 Å². The van der Waals surface area contributed by atoms with Gasteiger partial charge in [-0.25, -0.2) is 0 Å². The van der Waals surface area contributed by atoms with Crippen molar-refractivity contribution in [2.45, 2.75) is 52.1 Å². The highest BCUT2D eigenvalue weighted by Gasteiger charge is 2.60. The third kappa shape index (κ3) is 3.08. The highest BCUT2D eigenvalue weighted by molar-refractivity contribution is 7.15. The summed E-state index contributed by atoms with van der Waals surface area (Å²) in [5.74, 6) is -0.519. The van der Waals surface area contributed by atoms with Crippen LogP contribution in [-0.2, 0) is 9.59 Å². The Morgan fingerprint density at radius 3 is 2.60 bits per heavy atom. The number of aromatic nitrogens is 2. The Labute approximate surface area is 179 Å². The molecule has 3 heterocycles. The van der Waals surface area contributed by atoms with Crippen LogP contribution in [0.3, 0.4) is 0 Å². The van der Waals surface area contributed by atoms with Gasteiger partial charge in [0, 0.05) is 25.3 Å². The van der Waals surface area contributed by atoms with Gasteiger partial charge in [-0.05, 0) is 18.1 Å². The number of hydrogen-bond acceptors (Lipinski definition) is 6. The van der Waals surface area contributed by atoms with Crippen molar-refractivity contribution in [2.75, 3.05) is 16.8 Å². The van der Waals surface area contributed by atoms with Crippen LogP contribution in [0, 0.1) is 5.92 Å². The Balaban J connectivity index is 1.81. The molecule has 158 valence electrons. The van der Waals surface area contributed by atoms with Gasteiger partial charge in [-0.3, -0.25) is 24.6 Å². The number of nitrogens with one attached hydrogen (secondary N) is 1. The lowest BCUT2D eigenvalue weighted by Crippen LogP contribution is -2.69. The van der Waals surface area contributed by atoms with Gasteiger partial charge in [0.15, 0.2) is 0 Å². The van der Waals surface area contributed by atoms with Crippen molar-refractivity contribution in [3.05, 3.63) is 34.8 Å². The summed E-state index contributed by atoms with van der Waals surface area (Å²) in [6.45, 7) is 8.34. The van der Waals surface area contributed by atoms with Gasteiger partial charge in [0.25, 0.3) is 11.8 Å². The Bertz CT molecular complexity index is 1020. The Hall–Kier alpha value is -2.81. The molecule has 2 aliphatic heterocycles. The van der Waals surface area contributed by atoms with Crippen LogP contribution in [0.1, 0.15) is 61.8 Å². The zero-order valence-corrected chi connectivity index (χ0v) is 18.3. The first-order chi connectivity index (χ1) is 14.3. The summed E-state index contributed by atoms with van der Waals surface area (Å²) in [5.41, 5.74) is -0.480. The van der Waals surface area contributed by atoms with Gasteiger partial charge in [-0.1, -0.05) is 51.2 Å². The van der Waals surface area contributed by atoms with E-state index in [1.165, 1.54) is 16.2 Å². The molecule has 9 heteroatoms. The van der Waals surface area contributed by atoms with Crippen molar-refractivity contribution < 1.29 is 14.4 Å². The fraction of sp³-hybridized carbons (Fsp3) is 0.476. The lowest BCUT2D eigenvalue weighted by Gasteiger charge is -2.49. The van der Waals surface area contributed by atoms with Crippen LogP contribution in [0.25, 0.3) is 0 Å². The first-order valence-electron chi connectivity index (χ1n) is 10.1. The summed E-state index contributed by atoms with van der Waals surface area (Å²) in [6, 6.07) is 6.98. The molecule has 0 spiro atoms. The fourth-order valence-corrected chi connectivity index (χ4v) is 4.86. The Kier molecular flexibility index (Phi) is 5.09. The van der Waals surface area contributed by atoms with Gasteiger partial charge < -0.3 is 4.90 Å². The summed E-state index contributed by atoms with van der Waals surface area (Å²) in [4.78, 5) is 43.1. The Morgan fingerprint density at radius 2 is 1.93 bits per heavy atom. The van der Waals surface area contributed by atoms with E-state index in [2.05, 4.69) is 15.5 Å². The van der Waals surface area contributed by atoms with E-state index in [9.17, 15) is 14.4 Å². The van der Waals surface area contributed by atoms with Crippen molar-refractivity contribution in [1.29, 1.82) is 0 Å². The van der Waals surface area contributed by atoms with Crippen molar-refractivity contribution in [3.63, 3.8) is 0 Å². The summed E-state index contributed by atoms with van der Waals surface area (Å²) in [6.07, 6.45) is 0.428. The number of anilines is 2. The normalized spacial score (nSPS) is 20.7. The van der Waals surface area contributed by atoms with Gasteiger partial charge in [0.05, 0.1) is 11.3 Å². The zero-order valence-electron chi connectivity index (χ0n) is 17.5. The molecule has 0 bridgehead atoms. The monoisotopic (exact) mass is 427 g/mol. The van der Waals surface area contributed by atoms with E-state index in [-0.39, 0.29) is 36.5 Å². The molecule has 1 aromatic carbocycles. The smallest absolute Gasteiger partial charge is 0.273 e. The number of para-hydroxylation sites is 1. The summed E-state index contributed by atoms with van der Waals surface area (Å²) in [5, 5.41) is 12.2. The molecule has 1 N–H and O–H groups in total. The van der Waals surface area contributed by atoms with Crippen LogP contribution in [-0.4, -0.2) is 45.0 Å². The highest BCUT2D eigenvalue weighted by atomic mass is 32.1. The quantitative estimate of drug-likeness (QED) is 0.790. The van der Waals surface area contributed by atoms with Crippen LogP contribution in [0.15, 0.2) is 24.3 Å². The van der Waals surface area contributed by atoms with Gasteiger partial charge in [-0.15, -0.1) is 10.2 Å². The molecule has 30 heavy (non-hydrogen) atoms. The van der Waals surface area contributed by atoms with Gasteiger partial charge in [0.2, 0.25) is 16.7 Å². The molecular formula is C21H25N5O3S. The molecule has 0 radical (unpaired) electrons. The number of fused-ring (bicyclic) bond motifs is 3. The minimum absolute atomic E-state index is 0.121. The molecule has 0 unspecified atom stereocenters. The highest BCUT2D eigenvalue weighted by Crippen LogP contribution is 2.45. The fourth-order valence-electron chi connectivity index (χ4n) is 4.12. The second kappa shape index (κ2) is 7.46. The van der Waals surface area contributed by atoms with E-state index >= 15 is 0 Å². The number of carbonyl (C=O) groups is 3. The second-order valence-electron chi connectivity index (χ2n) is 8.43. The van der Waals surface area contributed by atoms with Gasteiger partial charge >= 0.3 is 0 Å². The predicted molar refractivity (Wildman–Crippen MR) is 114 cm³/mol. The van der Waals surface area contributed by atoms with Crippen LogP contribution >= 0.6 is 11.3 Å². The van der Waals surface area contributed by atoms with Gasteiger partial charge in [-0.2, -0.15) is 0 Å². The number of carbonyl (C=O) groups excluding carboxylic acids is 3. The topological polar surface area (TPSA) is 95.5 Å². The number of rotatable bonds is 5. The van der Waals surface area contributed by atoms with Crippen molar-refractivity contribution in [3.8, 4) is 0 Å². The lowest BCUT2D eigenvalue weighted by atomic mass is 9.94. The zero-order chi connectivity index (χ0) is 21.6. The maximum absolute atomic E-state index is 13.7. The molecule has 0 saturated carbocycles. The molecule has 1 aromatic heterocycles. The van der Waals surface area contributed by atoms with Crippen LogP contribution < -0.4 is 10.2 Å². The lowest BCUT2D eigenvalue weighted by molar-refractivity contribution is -0.129. The van der Waals surface area contributed by atoms with Crippen molar-refractivity contribution in [1.82, 2.24) is 15.1 Å². The first-order valence-corrected chi connectivity index (χ1v) is 11.0. The average Bonchev–Trinajstić information content (AvgIpc) is 3.30. The van der Waals surface area contributed by atoms with Crippen molar-refractivity contribution in [2.24, 2.45) is 5.92 Å². The van der Waals surface area contributed by atoms with Crippen molar-refractivity contribution >= 4 is 39.9 Å². The SMILES string of the molecule is CC(C)CN1C(=O)c2ccccc2N2C(=O)CC[C@]12C(=O)Nc1nnc(C(C)C)s1. The molecule has 2 aromatic rings. The minimum atomic E-state index is -1.41. The number of nitrogens with zero attached hydrogens (tertiary/aromatic N) is 4. The molecule has 8 nitrogen and oxygen atoms in total. The largest absolute Gasteiger partial charge is 0.307 e. The summed E-state index contributed by atoms with van der Waals surface area (Å²) in [7, 11) is 0. The molecule has 1 saturated heterocycles. The van der Waals surface area contributed by atoms with E-state index in [0.29, 0.717) is 22.9 Å². The molecule has 1 fully saturated rings. The Morgan fingerprint density at radius 1 is 1.20 bits per heavy atom. The second-order valence-corrected chi connectivity index (χ2v) is 9.44. The van der Waals surface area contributed by atoms with Crippen LogP contribution in [0.2, 0.25) is 0 Å². The first kappa shape index (κ1) is 20.5. The molecule has 0 aliphatic carbocycles. The third-order valence-corrected chi connectivity index (χ3v) is 6.58.